The van der Waals surface area contributed by atoms with E-state index in [1.165, 1.54) is 16.0 Å². The van der Waals surface area contributed by atoms with E-state index in [0.717, 1.165) is 18.8 Å². The lowest BCUT2D eigenvalue weighted by Gasteiger charge is -2.14. The largest absolute Gasteiger partial charge is 0.330 e. The summed E-state index contributed by atoms with van der Waals surface area (Å²) in [7, 11) is 2.18. The maximum absolute atomic E-state index is 12.3. The van der Waals surface area contributed by atoms with Crippen LogP contribution in [0.4, 0.5) is 5.69 Å². The molecule has 3 heteroatoms. The molecular weight excluding hydrogens is 308 g/mol. The Bertz CT molecular complexity index is 798. The van der Waals surface area contributed by atoms with Crippen molar-refractivity contribution in [3.8, 4) is 0 Å². The first kappa shape index (κ1) is 16.9. The van der Waals surface area contributed by atoms with Gasteiger partial charge in [0, 0.05) is 22.4 Å². The molecule has 0 heterocycles. The first-order chi connectivity index (χ1) is 12.2. The van der Waals surface area contributed by atoms with Crippen LogP contribution in [0.25, 0.3) is 0 Å². The Labute approximate surface area is 148 Å². The zero-order valence-corrected chi connectivity index (χ0v) is 14.4. The Balaban J connectivity index is 1.57. The van der Waals surface area contributed by atoms with Crippen LogP contribution in [0.5, 0.6) is 0 Å². The number of hydrogen-bond donors (Lipinski definition) is 2. The van der Waals surface area contributed by atoms with Crippen molar-refractivity contribution < 1.29 is 9.69 Å². The zero-order chi connectivity index (χ0) is 17.5. The van der Waals surface area contributed by atoms with Gasteiger partial charge in [0.15, 0.2) is 0 Å². The van der Waals surface area contributed by atoms with Crippen molar-refractivity contribution in [3.63, 3.8) is 0 Å². The van der Waals surface area contributed by atoms with E-state index in [1.807, 2.05) is 60.7 Å². The van der Waals surface area contributed by atoms with Crippen molar-refractivity contribution in [2.75, 3.05) is 12.4 Å². The molecule has 0 aromatic heterocycles. The van der Waals surface area contributed by atoms with Gasteiger partial charge in [0.25, 0.3) is 5.91 Å². The summed E-state index contributed by atoms with van der Waals surface area (Å²) in [6, 6.07) is 27.9. The van der Waals surface area contributed by atoms with E-state index in [0.29, 0.717) is 5.56 Å². The smallest absolute Gasteiger partial charge is 0.255 e. The average Bonchev–Trinajstić information content (AvgIpc) is 2.64. The molecule has 0 radical (unpaired) electrons. The number of carbonyl (C=O) groups excluding carboxylic acids is 1. The van der Waals surface area contributed by atoms with E-state index < -0.39 is 0 Å². The Kier molecular flexibility index (Phi) is 5.60. The third-order valence-corrected chi connectivity index (χ3v) is 4.10. The summed E-state index contributed by atoms with van der Waals surface area (Å²) >= 11 is 0. The number of benzene rings is 3. The predicted molar refractivity (Wildman–Crippen MR) is 102 cm³/mol. The van der Waals surface area contributed by atoms with Gasteiger partial charge in [-0.25, -0.2) is 0 Å². The van der Waals surface area contributed by atoms with Gasteiger partial charge < -0.3 is 10.2 Å². The second-order valence-corrected chi connectivity index (χ2v) is 6.31. The third-order valence-electron chi connectivity index (χ3n) is 4.10. The van der Waals surface area contributed by atoms with Gasteiger partial charge in [0.1, 0.15) is 13.1 Å². The maximum atomic E-state index is 12.3. The molecule has 3 aromatic carbocycles. The SMILES string of the molecule is C[NH+](Cc1ccccc1)Cc1ccc(C(=O)Nc2ccccc2)cc1. The highest BCUT2D eigenvalue weighted by atomic mass is 16.1. The fourth-order valence-electron chi connectivity index (χ4n) is 2.85. The number of quaternary nitrogens is 1. The van der Waals surface area contributed by atoms with Crippen LogP contribution >= 0.6 is 0 Å². The standard InChI is InChI=1S/C22H22N2O/c1-24(16-18-8-4-2-5-9-18)17-19-12-14-20(15-13-19)22(25)23-21-10-6-3-7-11-21/h2-15H,16-17H2,1H3,(H,23,25)/p+1. The maximum Gasteiger partial charge on any atom is 0.255 e. The molecule has 1 unspecified atom stereocenters. The Morgan fingerprint density at radius 2 is 1.28 bits per heavy atom. The highest BCUT2D eigenvalue weighted by Crippen LogP contribution is 2.09. The van der Waals surface area contributed by atoms with Gasteiger partial charge in [-0.2, -0.15) is 0 Å². The minimum Gasteiger partial charge on any atom is -0.330 e. The molecule has 2 N–H and O–H groups in total. The van der Waals surface area contributed by atoms with Gasteiger partial charge in [-0.15, -0.1) is 0 Å². The van der Waals surface area contributed by atoms with Crippen LogP contribution in [0, 0.1) is 0 Å². The van der Waals surface area contributed by atoms with Crippen molar-refractivity contribution in [1.29, 1.82) is 0 Å². The van der Waals surface area contributed by atoms with Crippen LogP contribution in [0.1, 0.15) is 21.5 Å². The molecule has 0 fully saturated rings. The fraction of sp³-hybridized carbons (Fsp3) is 0.136. The topological polar surface area (TPSA) is 33.5 Å². The lowest BCUT2D eigenvalue weighted by Crippen LogP contribution is -3.06. The van der Waals surface area contributed by atoms with Crippen LogP contribution < -0.4 is 10.2 Å². The van der Waals surface area contributed by atoms with Gasteiger partial charge in [0.05, 0.1) is 7.05 Å². The van der Waals surface area contributed by atoms with E-state index in [4.69, 9.17) is 0 Å². The zero-order valence-electron chi connectivity index (χ0n) is 14.4. The molecule has 1 atom stereocenters. The first-order valence-corrected chi connectivity index (χ1v) is 8.51. The van der Waals surface area contributed by atoms with Crippen LogP contribution in [-0.4, -0.2) is 13.0 Å². The second-order valence-electron chi connectivity index (χ2n) is 6.31. The summed E-state index contributed by atoms with van der Waals surface area (Å²) < 4.78 is 0. The van der Waals surface area contributed by atoms with Gasteiger partial charge in [-0.05, 0) is 24.3 Å². The molecule has 3 nitrogen and oxygen atoms in total. The third kappa shape index (κ3) is 5.03. The summed E-state index contributed by atoms with van der Waals surface area (Å²) in [4.78, 5) is 13.7. The van der Waals surface area contributed by atoms with Crippen LogP contribution in [0.15, 0.2) is 84.9 Å². The van der Waals surface area contributed by atoms with Gasteiger partial charge in [0.2, 0.25) is 0 Å². The Morgan fingerprint density at radius 1 is 0.760 bits per heavy atom. The fourth-order valence-corrected chi connectivity index (χ4v) is 2.85. The van der Waals surface area contributed by atoms with E-state index in [9.17, 15) is 4.79 Å². The molecule has 3 rings (SSSR count). The molecule has 0 aliphatic heterocycles. The normalized spacial score (nSPS) is 11.7. The number of anilines is 1. The molecule has 0 saturated carbocycles. The molecule has 1 amide bonds. The van der Waals surface area contributed by atoms with E-state index in [2.05, 4.69) is 36.6 Å². The minimum absolute atomic E-state index is 0.0808. The number of hydrogen-bond acceptors (Lipinski definition) is 1. The summed E-state index contributed by atoms with van der Waals surface area (Å²) in [5, 5.41) is 2.91. The monoisotopic (exact) mass is 331 g/mol. The summed E-state index contributed by atoms with van der Waals surface area (Å²) in [6.45, 7) is 1.91. The van der Waals surface area contributed by atoms with Crippen molar-refractivity contribution in [2.24, 2.45) is 0 Å². The number of amides is 1. The van der Waals surface area contributed by atoms with Crippen molar-refractivity contribution in [2.45, 2.75) is 13.1 Å². The molecule has 0 spiro atoms. The number of nitrogens with one attached hydrogen (secondary N) is 2. The van der Waals surface area contributed by atoms with E-state index >= 15 is 0 Å². The van der Waals surface area contributed by atoms with Crippen LogP contribution in [-0.2, 0) is 13.1 Å². The molecule has 126 valence electrons. The molecule has 0 bridgehead atoms. The summed E-state index contributed by atoms with van der Waals surface area (Å²) in [6.07, 6.45) is 0. The van der Waals surface area contributed by atoms with Crippen LogP contribution in [0.3, 0.4) is 0 Å². The lowest BCUT2D eigenvalue weighted by molar-refractivity contribution is -0.907. The highest BCUT2D eigenvalue weighted by molar-refractivity contribution is 6.04. The molecule has 3 aromatic rings. The van der Waals surface area contributed by atoms with Gasteiger partial charge in [-0.3, -0.25) is 4.79 Å². The van der Waals surface area contributed by atoms with Crippen molar-refractivity contribution in [3.05, 3.63) is 102 Å². The van der Waals surface area contributed by atoms with Gasteiger partial charge in [-0.1, -0.05) is 60.7 Å². The molecular formula is C22H23N2O+. The Hall–Kier alpha value is -2.91. The number of carbonyl (C=O) groups is 1. The molecule has 0 saturated heterocycles. The molecule has 0 aliphatic rings. The van der Waals surface area contributed by atoms with E-state index in [-0.39, 0.29) is 5.91 Å². The first-order valence-electron chi connectivity index (χ1n) is 8.51. The Morgan fingerprint density at radius 3 is 1.88 bits per heavy atom. The quantitative estimate of drug-likeness (QED) is 0.715. The average molecular weight is 331 g/mol. The highest BCUT2D eigenvalue weighted by Gasteiger charge is 2.08. The van der Waals surface area contributed by atoms with Gasteiger partial charge >= 0.3 is 0 Å². The molecule has 0 aliphatic carbocycles. The summed E-state index contributed by atoms with van der Waals surface area (Å²) in [5.41, 5.74) is 4.04. The summed E-state index contributed by atoms with van der Waals surface area (Å²) in [5.74, 6) is -0.0808. The molecule has 25 heavy (non-hydrogen) atoms. The van der Waals surface area contributed by atoms with Crippen molar-refractivity contribution >= 4 is 11.6 Å². The van der Waals surface area contributed by atoms with Crippen LogP contribution in [0.2, 0.25) is 0 Å². The van der Waals surface area contributed by atoms with Crippen molar-refractivity contribution in [1.82, 2.24) is 0 Å². The van der Waals surface area contributed by atoms with E-state index in [1.54, 1.807) is 0 Å². The number of rotatable bonds is 6. The lowest BCUT2D eigenvalue weighted by atomic mass is 10.1. The predicted octanol–water partition coefficient (Wildman–Crippen LogP) is 3.15. The number of para-hydroxylation sites is 1. The minimum atomic E-state index is -0.0808. The second kappa shape index (κ2) is 8.27.